The maximum absolute atomic E-state index is 12.3. The van der Waals surface area contributed by atoms with E-state index in [0.29, 0.717) is 5.56 Å². The van der Waals surface area contributed by atoms with Crippen molar-refractivity contribution >= 4 is 34.9 Å². The first-order chi connectivity index (χ1) is 13.0. The van der Waals surface area contributed by atoms with Crippen molar-refractivity contribution in [3.8, 4) is 0 Å². The summed E-state index contributed by atoms with van der Waals surface area (Å²) in [5.41, 5.74) is 1.36. The lowest BCUT2D eigenvalue weighted by Gasteiger charge is -2.19. The van der Waals surface area contributed by atoms with Crippen molar-refractivity contribution in [2.45, 2.75) is 39.2 Å². The highest BCUT2D eigenvalue weighted by atomic mass is 35.5. The van der Waals surface area contributed by atoms with E-state index >= 15 is 0 Å². The second-order valence-corrected chi connectivity index (χ2v) is 7.69. The lowest BCUT2D eigenvalue weighted by molar-refractivity contribution is -0.384. The summed E-state index contributed by atoms with van der Waals surface area (Å²) in [6, 6.07) is 10.7. The Balaban J connectivity index is 2.02. The number of rotatable bonds is 5. The topological polar surface area (TPSA) is 98.5 Å². The Morgan fingerprint density at radius 1 is 1.14 bits per heavy atom. The number of nitro benzene ring substituents is 1. The number of nitrogens with one attached hydrogen (secondary N) is 1. The highest BCUT2D eigenvalue weighted by molar-refractivity contribution is 6.34. The molecule has 0 fully saturated rings. The van der Waals surface area contributed by atoms with Gasteiger partial charge in [0.1, 0.15) is 0 Å². The summed E-state index contributed by atoms with van der Waals surface area (Å²) in [6.45, 7) is 7.62. The molecular weight excluding hydrogens is 384 g/mol. The molecule has 28 heavy (non-hydrogen) atoms. The first kappa shape index (κ1) is 21.4. The second-order valence-electron chi connectivity index (χ2n) is 7.29. The number of halogens is 1. The van der Waals surface area contributed by atoms with Crippen LogP contribution in [0.3, 0.4) is 0 Å². The Kier molecular flexibility index (Phi) is 6.41. The van der Waals surface area contributed by atoms with Crippen molar-refractivity contribution in [2.24, 2.45) is 0 Å². The van der Waals surface area contributed by atoms with Crippen molar-refractivity contribution in [1.29, 1.82) is 0 Å². The van der Waals surface area contributed by atoms with Gasteiger partial charge in [-0.15, -0.1) is 0 Å². The van der Waals surface area contributed by atoms with Crippen molar-refractivity contribution in [3.05, 3.63) is 68.7 Å². The summed E-state index contributed by atoms with van der Waals surface area (Å²) in [6.07, 6.45) is -1.08. The molecule has 0 radical (unpaired) electrons. The maximum Gasteiger partial charge on any atom is 0.338 e. The Morgan fingerprint density at radius 2 is 1.75 bits per heavy atom. The van der Waals surface area contributed by atoms with Gasteiger partial charge in [0.15, 0.2) is 6.10 Å². The van der Waals surface area contributed by atoms with E-state index in [2.05, 4.69) is 26.1 Å². The van der Waals surface area contributed by atoms with Crippen molar-refractivity contribution in [3.63, 3.8) is 0 Å². The zero-order chi connectivity index (χ0) is 21.1. The van der Waals surface area contributed by atoms with Gasteiger partial charge in [0.2, 0.25) is 0 Å². The Hall–Kier alpha value is -2.93. The number of ether oxygens (including phenoxy) is 1. The minimum atomic E-state index is -1.08. The van der Waals surface area contributed by atoms with Gasteiger partial charge in [-0.3, -0.25) is 14.9 Å². The summed E-state index contributed by atoms with van der Waals surface area (Å²) in [5, 5.41) is 13.2. The maximum atomic E-state index is 12.3. The van der Waals surface area contributed by atoms with Crippen LogP contribution in [-0.4, -0.2) is 22.9 Å². The smallest absolute Gasteiger partial charge is 0.338 e. The zero-order valence-electron chi connectivity index (χ0n) is 16.0. The Morgan fingerprint density at radius 3 is 2.25 bits per heavy atom. The summed E-state index contributed by atoms with van der Waals surface area (Å²) >= 11 is 5.95. The fourth-order valence-corrected chi connectivity index (χ4v) is 2.56. The van der Waals surface area contributed by atoms with Crippen LogP contribution in [0.5, 0.6) is 0 Å². The number of nitro groups is 1. The van der Waals surface area contributed by atoms with Crippen molar-refractivity contribution in [1.82, 2.24) is 0 Å². The van der Waals surface area contributed by atoms with Gasteiger partial charge in [-0.2, -0.15) is 0 Å². The number of hydrogen-bond donors (Lipinski definition) is 1. The molecule has 7 nitrogen and oxygen atoms in total. The average Bonchev–Trinajstić information content (AvgIpc) is 2.62. The number of anilines is 1. The van der Waals surface area contributed by atoms with Crippen LogP contribution in [0.1, 0.15) is 43.6 Å². The highest BCUT2D eigenvalue weighted by Gasteiger charge is 2.21. The third-order valence-corrected chi connectivity index (χ3v) is 4.37. The molecule has 2 aromatic carbocycles. The van der Waals surface area contributed by atoms with Crippen LogP contribution >= 0.6 is 11.6 Å². The zero-order valence-corrected chi connectivity index (χ0v) is 16.7. The summed E-state index contributed by atoms with van der Waals surface area (Å²) < 4.78 is 5.20. The molecule has 1 amide bonds. The molecule has 8 heteroatoms. The van der Waals surface area contributed by atoms with Crippen LogP contribution in [0, 0.1) is 10.1 Å². The highest BCUT2D eigenvalue weighted by Crippen LogP contribution is 2.27. The first-order valence-electron chi connectivity index (χ1n) is 8.55. The molecule has 0 aliphatic carbocycles. The molecule has 0 aliphatic heterocycles. The van der Waals surface area contributed by atoms with E-state index in [-0.39, 0.29) is 21.8 Å². The molecule has 0 bridgehead atoms. The lowest BCUT2D eigenvalue weighted by atomic mass is 9.87. The van der Waals surface area contributed by atoms with Crippen LogP contribution in [0.15, 0.2) is 42.5 Å². The SMILES string of the molecule is C[C@H](OC(=O)c1ccc(C(C)(C)C)cc1)C(=O)Nc1ccc([N+](=O)[O-])cc1Cl. The molecule has 0 saturated carbocycles. The number of hydrogen-bond acceptors (Lipinski definition) is 5. The van der Waals surface area contributed by atoms with E-state index in [9.17, 15) is 19.7 Å². The summed E-state index contributed by atoms with van der Waals surface area (Å²) in [4.78, 5) is 34.6. The summed E-state index contributed by atoms with van der Waals surface area (Å²) in [5.74, 6) is -1.23. The Labute approximate surface area is 167 Å². The van der Waals surface area contributed by atoms with E-state index < -0.39 is 22.9 Å². The molecule has 0 spiro atoms. The molecule has 0 heterocycles. The molecule has 2 aromatic rings. The van der Waals surface area contributed by atoms with Gasteiger partial charge >= 0.3 is 5.97 Å². The number of benzene rings is 2. The molecule has 0 saturated heterocycles. The van der Waals surface area contributed by atoms with Gasteiger partial charge in [-0.05, 0) is 36.1 Å². The fourth-order valence-electron chi connectivity index (χ4n) is 2.34. The average molecular weight is 405 g/mol. The van der Waals surface area contributed by atoms with E-state index in [1.807, 2.05) is 12.1 Å². The standard InChI is InChI=1S/C20H21ClN2O5/c1-12(18(24)22-17-10-9-15(23(26)27)11-16(17)21)28-19(25)13-5-7-14(8-6-13)20(2,3)4/h5-12H,1-4H3,(H,22,24)/t12-/m0/s1. The van der Waals surface area contributed by atoms with Gasteiger partial charge in [0, 0.05) is 12.1 Å². The van der Waals surface area contributed by atoms with Crippen LogP contribution in [0.2, 0.25) is 5.02 Å². The van der Waals surface area contributed by atoms with E-state index in [0.717, 1.165) is 11.6 Å². The third kappa shape index (κ3) is 5.29. The van der Waals surface area contributed by atoms with Crippen LogP contribution in [0.4, 0.5) is 11.4 Å². The van der Waals surface area contributed by atoms with E-state index in [1.165, 1.54) is 19.1 Å². The van der Waals surface area contributed by atoms with Gasteiger partial charge in [0.05, 0.1) is 21.2 Å². The van der Waals surface area contributed by atoms with Crippen LogP contribution in [-0.2, 0) is 14.9 Å². The number of amides is 1. The molecule has 1 atom stereocenters. The largest absolute Gasteiger partial charge is 0.449 e. The number of carbonyl (C=O) groups excluding carboxylic acids is 2. The molecule has 2 rings (SSSR count). The monoisotopic (exact) mass is 404 g/mol. The van der Waals surface area contributed by atoms with Gasteiger partial charge in [-0.1, -0.05) is 44.5 Å². The molecule has 148 valence electrons. The van der Waals surface area contributed by atoms with E-state index in [4.69, 9.17) is 16.3 Å². The first-order valence-corrected chi connectivity index (χ1v) is 8.93. The van der Waals surface area contributed by atoms with Gasteiger partial charge in [0.25, 0.3) is 11.6 Å². The Bertz CT molecular complexity index is 904. The number of esters is 1. The quantitative estimate of drug-likeness (QED) is 0.441. The van der Waals surface area contributed by atoms with Crippen molar-refractivity contribution < 1.29 is 19.2 Å². The number of carbonyl (C=O) groups is 2. The predicted octanol–water partition coefficient (Wildman–Crippen LogP) is 4.73. The van der Waals surface area contributed by atoms with E-state index in [1.54, 1.807) is 12.1 Å². The van der Waals surface area contributed by atoms with Crippen LogP contribution < -0.4 is 5.32 Å². The second kappa shape index (κ2) is 8.39. The van der Waals surface area contributed by atoms with Crippen molar-refractivity contribution in [2.75, 3.05) is 5.32 Å². The van der Waals surface area contributed by atoms with Gasteiger partial charge < -0.3 is 10.1 Å². The molecular formula is C20H21ClN2O5. The minimum Gasteiger partial charge on any atom is -0.449 e. The molecule has 1 N–H and O–H groups in total. The normalized spacial score (nSPS) is 12.2. The third-order valence-electron chi connectivity index (χ3n) is 4.06. The lowest BCUT2D eigenvalue weighted by Crippen LogP contribution is -2.30. The van der Waals surface area contributed by atoms with Gasteiger partial charge in [-0.25, -0.2) is 4.79 Å². The number of nitrogens with zero attached hydrogens (tertiary/aromatic N) is 1. The minimum absolute atomic E-state index is 0.0128. The summed E-state index contributed by atoms with van der Waals surface area (Å²) in [7, 11) is 0. The fraction of sp³-hybridized carbons (Fsp3) is 0.300. The number of non-ortho nitro benzene ring substituents is 1. The molecule has 0 unspecified atom stereocenters. The molecule has 0 aromatic heterocycles. The predicted molar refractivity (Wildman–Crippen MR) is 107 cm³/mol. The molecule has 0 aliphatic rings. The van der Waals surface area contributed by atoms with Crippen LogP contribution in [0.25, 0.3) is 0 Å².